The molecule has 0 atom stereocenters. The van der Waals surface area contributed by atoms with Crippen molar-refractivity contribution in [2.24, 2.45) is 0 Å². The Bertz CT molecular complexity index is 316. The summed E-state index contributed by atoms with van der Waals surface area (Å²) in [5.41, 5.74) is 1.30. The summed E-state index contributed by atoms with van der Waals surface area (Å²) >= 11 is 0. The molecule has 0 saturated carbocycles. The lowest BCUT2D eigenvalue weighted by atomic mass is 10.2. The number of aromatic nitrogens is 1. The third kappa shape index (κ3) is 4.92. The van der Waals surface area contributed by atoms with Gasteiger partial charge in [-0.05, 0) is 24.2 Å². The van der Waals surface area contributed by atoms with E-state index >= 15 is 0 Å². The molecule has 1 heterocycles. The summed E-state index contributed by atoms with van der Waals surface area (Å²) in [4.78, 5) is 6.39. The first kappa shape index (κ1) is 12.7. The van der Waals surface area contributed by atoms with E-state index in [1.807, 2.05) is 12.4 Å². The molecule has 0 aliphatic carbocycles. The highest BCUT2D eigenvalue weighted by Crippen LogP contribution is 2.01. The van der Waals surface area contributed by atoms with E-state index in [2.05, 4.69) is 40.2 Å². The number of rotatable bonds is 7. The van der Waals surface area contributed by atoms with Crippen LogP contribution in [0.1, 0.15) is 12.5 Å². The van der Waals surface area contributed by atoms with E-state index in [-0.39, 0.29) is 0 Å². The standard InChI is InChI=1S/C13H19N3/c1-3-7-14-10-11-16(4-2)12-13-5-8-15-9-6-13/h1,5-6,8-9,14H,4,7,10-12H2,2H3. The highest BCUT2D eigenvalue weighted by atomic mass is 15.1. The van der Waals surface area contributed by atoms with Crippen LogP contribution in [0.2, 0.25) is 0 Å². The van der Waals surface area contributed by atoms with E-state index in [1.54, 1.807) is 0 Å². The fourth-order valence-electron chi connectivity index (χ4n) is 1.49. The van der Waals surface area contributed by atoms with Gasteiger partial charge in [-0.2, -0.15) is 0 Å². The van der Waals surface area contributed by atoms with Crippen molar-refractivity contribution < 1.29 is 0 Å². The number of nitrogens with zero attached hydrogens (tertiary/aromatic N) is 2. The van der Waals surface area contributed by atoms with Crippen molar-refractivity contribution in [3.8, 4) is 12.3 Å². The first-order chi connectivity index (χ1) is 7.86. The molecule has 0 fully saturated rings. The van der Waals surface area contributed by atoms with E-state index < -0.39 is 0 Å². The van der Waals surface area contributed by atoms with Crippen LogP contribution in [-0.2, 0) is 6.54 Å². The van der Waals surface area contributed by atoms with Crippen molar-refractivity contribution in [1.82, 2.24) is 15.2 Å². The molecular formula is C13H19N3. The van der Waals surface area contributed by atoms with Gasteiger partial charge >= 0.3 is 0 Å². The molecule has 1 N–H and O–H groups in total. The molecule has 0 aromatic carbocycles. The lowest BCUT2D eigenvalue weighted by molar-refractivity contribution is 0.281. The molecule has 0 radical (unpaired) electrons. The average molecular weight is 217 g/mol. The van der Waals surface area contributed by atoms with Crippen LogP contribution >= 0.6 is 0 Å². The van der Waals surface area contributed by atoms with E-state index in [0.29, 0.717) is 6.54 Å². The number of terminal acetylenes is 1. The monoisotopic (exact) mass is 217 g/mol. The minimum Gasteiger partial charge on any atom is -0.305 e. The van der Waals surface area contributed by atoms with Crippen LogP contribution in [0.5, 0.6) is 0 Å². The molecule has 0 saturated heterocycles. The highest BCUT2D eigenvalue weighted by molar-refractivity contribution is 5.09. The van der Waals surface area contributed by atoms with Gasteiger partial charge < -0.3 is 5.32 Å². The Labute approximate surface area is 97.9 Å². The summed E-state index contributed by atoms with van der Waals surface area (Å²) in [6.45, 7) is 6.77. The quantitative estimate of drug-likeness (QED) is 0.548. The fourth-order valence-corrected chi connectivity index (χ4v) is 1.49. The van der Waals surface area contributed by atoms with Crippen LogP contribution in [0.4, 0.5) is 0 Å². The molecule has 1 aromatic rings. The number of pyridine rings is 1. The van der Waals surface area contributed by atoms with E-state index in [4.69, 9.17) is 6.42 Å². The van der Waals surface area contributed by atoms with Gasteiger partial charge in [0.1, 0.15) is 0 Å². The molecule has 16 heavy (non-hydrogen) atoms. The zero-order chi connectivity index (χ0) is 11.6. The molecule has 3 nitrogen and oxygen atoms in total. The fraction of sp³-hybridized carbons (Fsp3) is 0.462. The lowest BCUT2D eigenvalue weighted by Crippen LogP contribution is -2.31. The van der Waals surface area contributed by atoms with E-state index in [1.165, 1.54) is 5.56 Å². The normalized spacial score (nSPS) is 10.3. The summed E-state index contributed by atoms with van der Waals surface area (Å²) in [6.07, 6.45) is 8.83. The SMILES string of the molecule is C#CCNCCN(CC)Cc1ccncc1. The maximum absolute atomic E-state index is 5.17. The lowest BCUT2D eigenvalue weighted by Gasteiger charge is -2.20. The van der Waals surface area contributed by atoms with Gasteiger partial charge in [-0.15, -0.1) is 6.42 Å². The summed E-state index contributed by atoms with van der Waals surface area (Å²) in [7, 11) is 0. The number of hydrogen-bond donors (Lipinski definition) is 1. The zero-order valence-corrected chi connectivity index (χ0v) is 9.82. The Kier molecular flexibility index (Phi) is 6.24. The van der Waals surface area contributed by atoms with Crippen molar-refractivity contribution in [3.63, 3.8) is 0 Å². The van der Waals surface area contributed by atoms with Crippen molar-refractivity contribution in [1.29, 1.82) is 0 Å². The second-order valence-electron chi connectivity index (χ2n) is 3.61. The summed E-state index contributed by atoms with van der Waals surface area (Å²) in [6, 6.07) is 4.11. The molecule has 86 valence electrons. The van der Waals surface area contributed by atoms with Gasteiger partial charge in [-0.3, -0.25) is 9.88 Å². The van der Waals surface area contributed by atoms with Crippen LogP contribution in [-0.4, -0.2) is 36.1 Å². The summed E-state index contributed by atoms with van der Waals surface area (Å²) in [5, 5.41) is 3.20. The smallest absolute Gasteiger partial charge is 0.0574 e. The average Bonchev–Trinajstić information content (AvgIpc) is 2.34. The molecule has 0 bridgehead atoms. The molecule has 0 aliphatic heterocycles. The molecule has 0 unspecified atom stereocenters. The topological polar surface area (TPSA) is 28.2 Å². The van der Waals surface area contributed by atoms with Crippen LogP contribution in [0.25, 0.3) is 0 Å². The van der Waals surface area contributed by atoms with Crippen molar-refractivity contribution >= 4 is 0 Å². The molecular weight excluding hydrogens is 198 g/mol. The van der Waals surface area contributed by atoms with Gasteiger partial charge in [0.05, 0.1) is 6.54 Å². The van der Waals surface area contributed by atoms with Crippen molar-refractivity contribution in [2.45, 2.75) is 13.5 Å². The first-order valence-electron chi connectivity index (χ1n) is 5.62. The second-order valence-corrected chi connectivity index (χ2v) is 3.61. The third-order valence-corrected chi connectivity index (χ3v) is 2.43. The van der Waals surface area contributed by atoms with Gasteiger partial charge in [0, 0.05) is 32.0 Å². The molecule has 0 amide bonds. The maximum Gasteiger partial charge on any atom is 0.0574 e. The minimum atomic E-state index is 0.646. The van der Waals surface area contributed by atoms with Gasteiger partial charge in [-0.25, -0.2) is 0 Å². The molecule has 1 aromatic heterocycles. The van der Waals surface area contributed by atoms with Crippen LogP contribution in [0, 0.1) is 12.3 Å². The van der Waals surface area contributed by atoms with Crippen molar-refractivity contribution in [3.05, 3.63) is 30.1 Å². The Morgan fingerprint density at radius 2 is 2.19 bits per heavy atom. The number of likely N-dealkylation sites (N-methyl/N-ethyl adjacent to an activating group) is 1. The minimum absolute atomic E-state index is 0.646. The highest BCUT2D eigenvalue weighted by Gasteiger charge is 2.02. The third-order valence-electron chi connectivity index (χ3n) is 2.43. The number of nitrogens with one attached hydrogen (secondary N) is 1. The van der Waals surface area contributed by atoms with Crippen LogP contribution in [0.3, 0.4) is 0 Å². The van der Waals surface area contributed by atoms with E-state index in [9.17, 15) is 0 Å². The van der Waals surface area contributed by atoms with Gasteiger partial charge in [0.25, 0.3) is 0 Å². The Balaban J connectivity index is 2.30. The van der Waals surface area contributed by atoms with Gasteiger partial charge in [0.2, 0.25) is 0 Å². The Hall–Kier alpha value is -1.37. The molecule has 3 heteroatoms. The predicted octanol–water partition coefficient (Wildman–Crippen LogP) is 1.13. The largest absolute Gasteiger partial charge is 0.305 e. The maximum atomic E-state index is 5.17. The molecule has 1 rings (SSSR count). The summed E-state index contributed by atoms with van der Waals surface area (Å²) < 4.78 is 0. The Morgan fingerprint density at radius 1 is 1.44 bits per heavy atom. The van der Waals surface area contributed by atoms with Gasteiger partial charge in [-0.1, -0.05) is 12.8 Å². The predicted molar refractivity (Wildman–Crippen MR) is 66.9 cm³/mol. The van der Waals surface area contributed by atoms with Crippen LogP contribution in [0.15, 0.2) is 24.5 Å². The molecule has 0 aliphatic rings. The van der Waals surface area contributed by atoms with Crippen LogP contribution < -0.4 is 5.32 Å². The Morgan fingerprint density at radius 3 is 2.81 bits per heavy atom. The molecule has 0 spiro atoms. The van der Waals surface area contributed by atoms with Gasteiger partial charge in [0.15, 0.2) is 0 Å². The first-order valence-corrected chi connectivity index (χ1v) is 5.62. The summed E-state index contributed by atoms with van der Waals surface area (Å²) in [5.74, 6) is 2.57. The van der Waals surface area contributed by atoms with E-state index in [0.717, 1.165) is 26.2 Å². The number of hydrogen-bond acceptors (Lipinski definition) is 3. The second kappa shape index (κ2) is 7.86. The van der Waals surface area contributed by atoms with Crippen molar-refractivity contribution in [2.75, 3.05) is 26.2 Å². The zero-order valence-electron chi connectivity index (χ0n) is 9.82.